The third-order valence-corrected chi connectivity index (χ3v) is 2.99. The molecule has 0 saturated carbocycles. The summed E-state index contributed by atoms with van der Waals surface area (Å²) in [7, 11) is 1.63. The normalized spacial score (nSPS) is 11.9. The van der Waals surface area contributed by atoms with Gasteiger partial charge in [-0.2, -0.15) is 0 Å². The van der Waals surface area contributed by atoms with Gasteiger partial charge in [0, 0.05) is 6.54 Å². The second-order valence-corrected chi connectivity index (χ2v) is 4.34. The van der Waals surface area contributed by atoms with E-state index in [1.165, 1.54) is 5.56 Å². The zero-order chi connectivity index (χ0) is 13.5. The molecule has 0 aliphatic carbocycles. The average molecular weight is 251 g/mol. The van der Waals surface area contributed by atoms with Crippen LogP contribution in [-0.2, 0) is 11.2 Å². The van der Waals surface area contributed by atoms with Crippen LogP contribution in [0.4, 0.5) is 5.69 Å². The molecule has 0 saturated heterocycles. The Morgan fingerprint density at radius 1 is 1.50 bits per heavy atom. The molecule has 0 radical (unpaired) electrons. The van der Waals surface area contributed by atoms with Crippen molar-refractivity contribution in [2.24, 2.45) is 5.92 Å². The lowest BCUT2D eigenvalue weighted by molar-refractivity contribution is -0.141. The highest BCUT2D eigenvalue weighted by atomic mass is 16.5. The van der Waals surface area contributed by atoms with Gasteiger partial charge in [0.1, 0.15) is 5.75 Å². The average Bonchev–Trinajstić information content (AvgIpc) is 2.38. The minimum Gasteiger partial charge on any atom is -0.495 e. The van der Waals surface area contributed by atoms with E-state index in [-0.39, 0.29) is 5.92 Å². The molecule has 0 fully saturated rings. The summed E-state index contributed by atoms with van der Waals surface area (Å²) < 4.78 is 5.27. The summed E-state index contributed by atoms with van der Waals surface area (Å²) in [6.07, 6.45) is 1.55. The third kappa shape index (κ3) is 3.95. The third-order valence-electron chi connectivity index (χ3n) is 2.99. The number of carbonyl (C=O) groups is 1. The molecule has 0 amide bonds. The second-order valence-electron chi connectivity index (χ2n) is 4.34. The summed E-state index contributed by atoms with van der Waals surface area (Å²) in [6.45, 7) is 4.43. The van der Waals surface area contributed by atoms with E-state index in [0.29, 0.717) is 13.0 Å². The van der Waals surface area contributed by atoms with Crippen LogP contribution in [0.5, 0.6) is 5.75 Å². The number of hydrogen-bond acceptors (Lipinski definition) is 3. The zero-order valence-corrected chi connectivity index (χ0v) is 11.2. The molecule has 0 bridgehead atoms. The van der Waals surface area contributed by atoms with Gasteiger partial charge < -0.3 is 15.2 Å². The van der Waals surface area contributed by atoms with Gasteiger partial charge in [0.25, 0.3) is 0 Å². The molecule has 0 spiro atoms. The van der Waals surface area contributed by atoms with Crippen molar-refractivity contribution in [3.8, 4) is 5.75 Å². The highest BCUT2D eigenvalue weighted by Gasteiger charge is 2.10. The van der Waals surface area contributed by atoms with Crippen LogP contribution in [0.15, 0.2) is 18.2 Å². The maximum Gasteiger partial charge on any atom is 0.306 e. The van der Waals surface area contributed by atoms with Crippen LogP contribution in [0.1, 0.15) is 25.8 Å². The predicted molar refractivity (Wildman–Crippen MR) is 72.3 cm³/mol. The van der Waals surface area contributed by atoms with E-state index in [2.05, 4.69) is 12.2 Å². The number of ether oxygens (including phenoxy) is 1. The first-order valence-corrected chi connectivity index (χ1v) is 6.22. The van der Waals surface area contributed by atoms with Gasteiger partial charge in [-0.15, -0.1) is 0 Å². The molecule has 0 aliphatic heterocycles. The van der Waals surface area contributed by atoms with E-state index < -0.39 is 5.97 Å². The van der Waals surface area contributed by atoms with Crippen LogP contribution < -0.4 is 10.1 Å². The van der Waals surface area contributed by atoms with E-state index >= 15 is 0 Å². The molecule has 4 heteroatoms. The Morgan fingerprint density at radius 3 is 2.78 bits per heavy atom. The fourth-order valence-electron chi connectivity index (χ4n) is 1.66. The van der Waals surface area contributed by atoms with Crippen LogP contribution in [0.25, 0.3) is 0 Å². The van der Waals surface area contributed by atoms with Gasteiger partial charge in [0.05, 0.1) is 18.7 Å². The SMILES string of the molecule is CCc1ccc(OC)c(NCCC(C)C(=O)O)c1. The monoisotopic (exact) mass is 251 g/mol. The number of anilines is 1. The minimum absolute atomic E-state index is 0.335. The summed E-state index contributed by atoms with van der Waals surface area (Å²) in [5, 5.41) is 12.0. The first-order chi connectivity index (χ1) is 8.58. The van der Waals surface area contributed by atoms with Crippen molar-refractivity contribution < 1.29 is 14.6 Å². The van der Waals surface area contributed by atoms with Crippen molar-refractivity contribution in [1.82, 2.24) is 0 Å². The van der Waals surface area contributed by atoms with Crippen molar-refractivity contribution >= 4 is 11.7 Å². The summed E-state index contributed by atoms with van der Waals surface area (Å²) >= 11 is 0. The lowest BCUT2D eigenvalue weighted by Crippen LogP contribution is -2.14. The molecule has 1 aromatic carbocycles. The Labute approximate surface area is 108 Å². The van der Waals surface area contributed by atoms with Gasteiger partial charge >= 0.3 is 5.97 Å². The number of aryl methyl sites for hydroxylation is 1. The highest BCUT2D eigenvalue weighted by Crippen LogP contribution is 2.25. The Morgan fingerprint density at radius 2 is 2.22 bits per heavy atom. The Bertz CT molecular complexity index is 404. The van der Waals surface area contributed by atoms with E-state index in [9.17, 15) is 4.79 Å². The van der Waals surface area contributed by atoms with Gasteiger partial charge in [-0.3, -0.25) is 4.79 Å². The Balaban J connectivity index is 2.62. The van der Waals surface area contributed by atoms with Crippen molar-refractivity contribution in [3.05, 3.63) is 23.8 Å². The minimum atomic E-state index is -0.758. The van der Waals surface area contributed by atoms with Gasteiger partial charge in [-0.05, 0) is 30.5 Å². The molecule has 0 aliphatic rings. The molecule has 2 N–H and O–H groups in total. The van der Waals surface area contributed by atoms with Crippen molar-refractivity contribution in [2.45, 2.75) is 26.7 Å². The van der Waals surface area contributed by atoms with Gasteiger partial charge in [-0.1, -0.05) is 19.9 Å². The molecular weight excluding hydrogens is 230 g/mol. The quantitative estimate of drug-likeness (QED) is 0.782. The van der Waals surface area contributed by atoms with Crippen molar-refractivity contribution in [3.63, 3.8) is 0 Å². The molecule has 4 nitrogen and oxygen atoms in total. The second kappa shape index (κ2) is 6.89. The first-order valence-electron chi connectivity index (χ1n) is 6.22. The molecule has 0 heterocycles. The van der Waals surface area contributed by atoms with Crippen LogP contribution in [0.3, 0.4) is 0 Å². The molecule has 100 valence electrons. The molecule has 1 aromatic rings. The van der Waals surface area contributed by atoms with Crippen LogP contribution in [-0.4, -0.2) is 24.7 Å². The Kier molecular flexibility index (Phi) is 5.49. The fraction of sp³-hybridized carbons (Fsp3) is 0.500. The number of hydrogen-bond donors (Lipinski definition) is 2. The lowest BCUT2D eigenvalue weighted by Gasteiger charge is -2.13. The van der Waals surface area contributed by atoms with Crippen molar-refractivity contribution in [2.75, 3.05) is 19.0 Å². The standard InChI is InChI=1S/C14H21NO3/c1-4-11-5-6-13(18-3)12(9-11)15-8-7-10(2)14(16)17/h5-6,9-10,15H,4,7-8H2,1-3H3,(H,16,17). The first kappa shape index (κ1) is 14.4. The van der Waals surface area contributed by atoms with E-state index in [0.717, 1.165) is 17.9 Å². The van der Waals surface area contributed by atoms with Gasteiger partial charge in [-0.25, -0.2) is 0 Å². The lowest BCUT2D eigenvalue weighted by atomic mass is 10.1. The number of aliphatic carboxylic acids is 1. The van der Waals surface area contributed by atoms with Crippen LogP contribution >= 0.6 is 0 Å². The molecule has 1 rings (SSSR count). The number of benzene rings is 1. The van der Waals surface area contributed by atoms with E-state index in [1.54, 1.807) is 14.0 Å². The number of carboxylic acid groups (broad SMARTS) is 1. The summed E-state index contributed by atoms with van der Waals surface area (Å²) in [5.41, 5.74) is 2.15. The molecule has 18 heavy (non-hydrogen) atoms. The largest absolute Gasteiger partial charge is 0.495 e. The maximum atomic E-state index is 10.7. The van der Waals surface area contributed by atoms with Crippen molar-refractivity contribution in [1.29, 1.82) is 0 Å². The molecule has 1 unspecified atom stereocenters. The maximum absolute atomic E-state index is 10.7. The number of rotatable bonds is 7. The van der Waals surface area contributed by atoms with Crippen LogP contribution in [0.2, 0.25) is 0 Å². The topological polar surface area (TPSA) is 58.6 Å². The summed E-state index contributed by atoms with van der Waals surface area (Å²) in [6, 6.07) is 6.01. The smallest absolute Gasteiger partial charge is 0.306 e. The molecular formula is C14H21NO3. The highest BCUT2D eigenvalue weighted by molar-refractivity contribution is 5.69. The number of carboxylic acids is 1. The van der Waals surface area contributed by atoms with E-state index in [1.807, 2.05) is 18.2 Å². The number of methoxy groups -OCH3 is 1. The van der Waals surface area contributed by atoms with E-state index in [4.69, 9.17) is 9.84 Å². The zero-order valence-electron chi connectivity index (χ0n) is 11.2. The van der Waals surface area contributed by atoms with Gasteiger partial charge in [0.15, 0.2) is 0 Å². The fourth-order valence-corrected chi connectivity index (χ4v) is 1.66. The summed E-state index contributed by atoms with van der Waals surface area (Å²) in [5.74, 6) is -0.306. The van der Waals surface area contributed by atoms with Gasteiger partial charge in [0.2, 0.25) is 0 Å². The predicted octanol–water partition coefficient (Wildman–Crippen LogP) is 2.78. The number of nitrogens with one attached hydrogen (secondary N) is 1. The Hall–Kier alpha value is -1.71. The molecule has 1 atom stereocenters. The van der Waals surface area contributed by atoms with Crippen LogP contribution in [0, 0.1) is 5.92 Å². The summed E-state index contributed by atoms with van der Waals surface area (Å²) in [4.78, 5) is 10.7. The molecule has 0 aromatic heterocycles.